The van der Waals surface area contributed by atoms with E-state index in [2.05, 4.69) is 15.3 Å². The van der Waals surface area contributed by atoms with Crippen LogP contribution in [0.5, 0.6) is 0 Å². The molecule has 0 radical (unpaired) electrons. The van der Waals surface area contributed by atoms with Crippen LogP contribution in [-0.4, -0.2) is 52.1 Å². The molecule has 1 aliphatic carbocycles. The predicted molar refractivity (Wildman–Crippen MR) is 109 cm³/mol. The molecule has 0 aromatic carbocycles. The lowest BCUT2D eigenvalue weighted by atomic mass is 9.97. The van der Waals surface area contributed by atoms with Crippen molar-refractivity contribution in [2.45, 2.75) is 44.7 Å². The van der Waals surface area contributed by atoms with E-state index < -0.39 is 0 Å². The fourth-order valence-corrected chi connectivity index (χ4v) is 5.32. The number of aryl methyl sites for hydroxylation is 2. The van der Waals surface area contributed by atoms with Crippen molar-refractivity contribution in [3.05, 3.63) is 20.8 Å². The predicted octanol–water partition coefficient (Wildman–Crippen LogP) is 1.94. The van der Waals surface area contributed by atoms with E-state index in [1.165, 1.54) is 21.5 Å². The number of thioether (sulfide) groups is 1. The third-order valence-electron chi connectivity index (χ3n) is 4.58. The van der Waals surface area contributed by atoms with Crippen molar-refractivity contribution in [3.63, 3.8) is 0 Å². The standard InChI is InChI=1S/C18H24N4O3S2/c1-3-19-13(23)9-22(4-2)14(24)10-26-18-20-16(25)15-11-7-5-6-8-12(11)27-17(15)21-18/h3-10H2,1-2H3,(H,19,23)(H,20,21,25). The zero-order valence-electron chi connectivity index (χ0n) is 15.6. The summed E-state index contributed by atoms with van der Waals surface area (Å²) in [5, 5.41) is 3.86. The van der Waals surface area contributed by atoms with E-state index in [4.69, 9.17) is 0 Å². The van der Waals surface area contributed by atoms with Gasteiger partial charge in [-0.1, -0.05) is 11.8 Å². The molecular formula is C18H24N4O3S2. The number of nitrogens with zero attached hydrogens (tertiary/aromatic N) is 2. The van der Waals surface area contributed by atoms with Gasteiger partial charge in [-0.3, -0.25) is 14.4 Å². The summed E-state index contributed by atoms with van der Waals surface area (Å²) in [5.74, 6) is -0.191. The van der Waals surface area contributed by atoms with Crippen LogP contribution in [-0.2, 0) is 22.4 Å². The van der Waals surface area contributed by atoms with Crippen LogP contribution in [0.4, 0.5) is 0 Å². The molecule has 0 aliphatic heterocycles. The molecule has 0 bridgehead atoms. The van der Waals surface area contributed by atoms with Gasteiger partial charge in [0.1, 0.15) is 4.83 Å². The Morgan fingerprint density at radius 3 is 2.81 bits per heavy atom. The second kappa shape index (κ2) is 8.88. The van der Waals surface area contributed by atoms with Crippen LogP contribution in [0.2, 0.25) is 0 Å². The number of thiophene rings is 1. The van der Waals surface area contributed by atoms with Crippen molar-refractivity contribution in [1.82, 2.24) is 20.2 Å². The molecule has 1 aliphatic rings. The maximum absolute atomic E-state index is 12.5. The first-order valence-corrected chi connectivity index (χ1v) is 11.1. The minimum atomic E-state index is -0.171. The molecule has 2 heterocycles. The molecule has 0 atom stereocenters. The maximum Gasteiger partial charge on any atom is 0.260 e. The molecule has 2 aromatic rings. The summed E-state index contributed by atoms with van der Waals surface area (Å²) < 4.78 is 0. The Hall–Kier alpha value is -1.87. The summed E-state index contributed by atoms with van der Waals surface area (Å²) in [4.78, 5) is 47.6. The first-order valence-electron chi connectivity index (χ1n) is 9.25. The third-order valence-corrected chi connectivity index (χ3v) is 6.62. The average molecular weight is 409 g/mol. The van der Waals surface area contributed by atoms with Gasteiger partial charge in [0, 0.05) is 18.0 Å². The first kappa shape index (κ1) is 19.9. The zero-order chi connectivity index (χ0) is 19.4. The van der Waals surface area contributed by atoms with Crippen molar-refractivity contribution in [3.8, 4) is 0 Å². The van der Waals surface area contributed by atoms with E-state index in [1.807, 2.05) is 13.8 Å². The summed E-state index contributed by atoms with van der Waals surface area (Å²) in [6.45, 7) is 4.72. The average Bonchev–Trinajstić information content (AvgIpc) is 3.03. The van der Waals surface area contributed by atoms with Gasteiger partial charge in [0.05, 0.1) is 17.7 Å². The number of aromatic nitrogens is 2. The van der Waals surface area contributed by atoms with Crippen molar-refractivity contribution in [2.75, 3.05) is 25.4 Å². The minimum absolute atomic E-state index is 0.0460. The SMILES string of the molecule is CCNC(=O)CN(CC)C(=O)CSc1nc2sc3c(c2c(=O)[nH]1)CCCC3. The Balaban J connectivity index is 1.70. The molecule has 0 spiro atoms. The van der Waals surface area contributed by atoms with Crippen LogP contribution >= 0.6 is 23.1 Å². The maximum atomic E-state index is 12.5. The number of fused-ring (bicyclic) bond motifs is 3. The zero-order valence-corrected chi connectivity index (χ0v) is 17.2. The molecule has 2 amide bonds. The largest absolute Gasteiger partial charge is 0.355 e. The Labute approximate surface area is 165 Å². The summed E-state index contributed by atoms with van der Waals surface area (Å²) in [6.07, 6.45) is 4.23. The number of amides is 2. The van der Waals surface area contributed by atoms with E-state index >= 15 is 0 Å². The topological polar surface area (TPSA) is 95.2 Å². The van der Waals surface area contributed by atoms with Gasteiger partial charge in [0.15, 0.2) is 5.16 Å². The van der Waals surface area contributed by atoms with Crippen LogP contribution in [0, 0.1) is 0 Å². The van der Waals surface area contributed by atoms with Gasteiger partial charge < -0.3 is 15.2 Å². The van der Waals surface area contributed by atoms with Gasteiger partial charge in [-0.25, -0.2) is 4.98 Å². The lowest BCUT2D eigenvalue weighted by molar-refractivity contribution is -0.133. The molecule has 146 valence electrons. The quantitative estimate of drug-likeness (QED) is 0.539. The number of carbonyl (C=O) groups is 2. The highest BCUT2D eigenvalue weighted by Gasteiger charge is 2.21. The highest BCUT2D eigenvalue weighted by molar-refractivity contribution is 7.99. The summed E-state index contributed by atoms with van der Waals surface area (Å²) in [7, 11) is 0. The Morgan fingerprint density at radius 1 is 1.30 bits per heavy atom. The summed E-state index contributed by atoms with van der Waals surface area (Å²) >= 11 is 2.80. The van der Waals surface area contributed by atoms with Crippen LogP contribution in [0.3, 0.4) is 0 Å². The Bertz CT molecular complexity index is 906. The number of hydrogen-bond donors (Lipinski definition) is 2. The van der Waals surface area contributed by atoms with Crippen LogP contribution in [0.1, 0.15) is 37.1 Å². The number of carbonyl (C=O) groups excluding carboxylic acids is 2. The minimum Gasteiger partial charge on any atom is -0.355 e. The highest BCUT2D eigenvalue weighted by Crippen LogP contribution is 2.34. The molecule has 0 saturated carbocycles. The fraction of sp³-hybridized carbons (Fsp3) is 0.556. The lowest BCUT2D eigenvalue weighted by Gasteiger charge is -2.19. The molecule has 9 heteroatoms. The number of aromatic amines is 1. The van der Waals surface area contributed by atoms with Crippen LogP contribution < -0.4 is 10.9 Å². The van der Waals surface area contributed by atoms with E-state index in [-0.39, 0.29) is 29.7 Å². The molecule has 2 aromatic heterocycles. The molecule has 2 N–H and O–H groups in total. The van der Waals surface area contributed by atoms with Gasteiger partial charge in [-0.2, -0.15) is 0 Å². The van der Waals surface area contributed by atoms with E-state index in [0.29, 0.717) is 18.2 Å². The molecule has 0 saturated heterocycles. The van der Waals surface area contributed by atoms with Crippen LogP contribution in [0.15, 0.2) is 9.95 Å². The molecule has 27 heavy (non-hydrogen) atoms. The van der Waals surface area contributed by atoms with Crippen molar-refractivity contribution >= 4 is 45.1 Å². The monoisotopic (exact) mass is 408 g/mol. The fourth-order valence-electron chi connectivity index (χ4n) is 3.24. The van der Waals surface area contributed by atoms with Gasteiger partial charge in [-0.15, -0.1) is 11.3 Å². The second-order valence-corrected chi connectivity index (χ2v) is 8.46. The summed E-state index contributed by atoms with van der Waals surface area (Å²) in [5.41, 5.74) is 1.03. The van der Waals surface area contributed by atoms with Gasteiger partial charge in [0.25, 0.3) is 5.56 Å². The normalized spacial score (nSPS) is 13.4. The number of H-pyrrole nitrogens is 1. The van der Waals surface area contributed by atoms with Crippen LogP contribution in [0.25, 0.3) is 10.2 Å². The highest BCUT2D eigenvalue weighted by atomic mass is 32.2. The van der Waals surface area contributed by atoms with Gasteiger partial charge in [-0.05, 0) is 45.1 Å². The van der Waals surface area contributed by atoms with E-state index in [0.717, 1.165) is 41.5 Å². The Kier molecular flexibility index (Phi) is 6.54. The van der Waals surface area contributed by atoms with E-state index in [1.54, 1.807) is 11.3 Å². The number of hydrogen-bond acceptors (Lipinski definition) is 6. The molecule has 7 nitrogen and oxygen atoms in total. The molecule has 0 unspecified atom stereocenters. The van der Waals surface area contributed by atoms with Gasteiger partial charge >= 0.3 is 0 Å². The van der Waals surface area contributed by atoms with Crippen molar-refractivity contribution in [1.29, 1.82) is 0 Å². The summed E-state index contributed by atoms with van der Waals surface area (Å²) in [6, 6.07) is 0. The Morgan fingerprint density at radius 2 is 2.07 bits per heavy atom. The number of likely N-dealkylation sites (N-methyl/N-ethyl adjacent to an activating group) is 2. The molecule has 3 rings (SSSR count). The molecule has 0 fully saturated rings. The lowest BCUT2D eigenvalue weighted by Crippen LogP contribution is -2.41. The smallest absolute Gasteiger partial charge is 0.260 e. The van der Waals surface area contributed by atoms with Crippen molar-refractivity contribution in [2.24, 2.45) is 0 Å². The number of nitrogens with one attached hydrogen (secondary N) is 2. The van der Waals surface area contributed by atoms with Crippen molar-refractivity contribution < 1.29 is 9.59 Å². The second-order valence-electron chi connectivity index (χ2n) is 6.41. The first-order chi connectivity index (χ1) is 13.0. The number of rotatable bonds is 7. The van der Waals surface area contributed by atoms with E-state index in [9.17, 15) is 14.4 Å². The molecular weight excluding hydrogens is 384 g/mol. The van der Waals surface area contributed by atoms with Gasteiger partial charge in [0.2, 0.25) is 11.8 Å². The third kappa shape index (κ3) is 4.52.